The van der Waals surface area contributed by atoms with E-state index in [0.717, 1.165) is 16.9 Å². The molecular weight excluding hydrogens is 368 g/mol. The fourth-order valence-corrected chi connectivity index (χ4v) is 2.58. The first kappa shape index (κ1) is 16.9. The zero-order valence-corrected chi connectivity index (χ0v) is 14.2. The first-order valence-corrected chi connectivity index (χ1v) is 8.14. The van der Waals surface area contributed by atoms with Crippen LogP contribution in [-0.4, -0.2) is 41.7 Å². The number of H-pyrrole nitrogens is 1. The molecular formula is C13H12N6O4S2. The highest BCUT2D eigenvalue weighted by Gasteiger charge is 2.12. The highest BCUT2D eigenvalue weighted by molar-refractivity contribution is 7.73. The Bertz CT molecular complexity index is 877. The maximum Gasteiger partial charge on any atom is 0.321 e. The molecule has 0 saturated heterocycles. The Morgan fingerprint density at radius 2 is 2.24 bits per heavy atom. The number of amides is 3. The SMILES string of the molecule is O=C(CNC(=O)Nc1n[nH]c(=S)s1)N/N=C\c1ccc2c(c1)OCO2. The Morgan fingerprint density at radius 3 is 3.04 bits per heavy atom. The number of aromatic nitrogens is 2. The summed E-state index contributed by atoms with van der Waals surface area (Å²) in [4.78, 5) is 23.2. The number of benzene rings is 1. The first-order valence-electron chi connectivity index (χ1n) is 6.92. The summed E-state index contributed by atoms with van der Waals surface area (Å²) >= 11 is 5.94. The normalized spacial score (nSPS) is 12.2. The van der Waals surface area contributed by atoms with E-state index >= 15 is 0 Å². The van der Waals surface area contributed by atoms with Gasteiger partial charge in [-0.1, -0.05) is 11.3 Å². The minimum Gasteiger partial charge on any atom is -0.454 e. The number of nitrogens with one attached hydrogen (secondary N) is 4. The van der Waals surface area contributed by atoms with E-state index in [2.05, 4.69) is 31.4 Å². The van der Waals surface area contributed by atoms with E-state index in [1.807, 2.05) is 0 Å². The summed E-state index contributed by atoms with van der Waals surface area (Å²) in [6, 6.07) is 4.68. The smallest absolute Gasteiger partial charge is 0.321 e. The molecule has 0 saturated carbocycles. The van der Waals surface area contributed by atoms with Crippen molar-refractivity contribution < 1.29 is 19.1 Å². The minimum absolute atomic E-state index is 0.188. The molecule has 130 valence electrons. The molecule has 1 aromatic carbocycles. The van der Waals surface area contributed by atoms with Gasteiger partial charge in [-0.05, 0) is 36.0 Å². The third kappa shape index (κ3) is 4.74. The number of carbonyl (C=O) groups excluding carboxylic acids is 2. The molecule has 0 spiro atoms. The number of nitrogens with zero attached hydrogens (tertiary/aromatic N) is 2. The van der Waals surface area contributed by atoms with Crippen LogP contribution < -0.4 is 25.5 Å². The zero-order valence-electron chi connectivity index (χ0n) is 12.6. The second-order valence-electron chi connectivity index (χ2n) is 4.63. The lowest BCUT2D eigenvalue weighted by Crippen LogP contribution is -2.37. The van der Waals surface area contributed by atoms with Crippen LogP contribution in [0.3, 0.4) is 0 Å². The number of hydrogen-bond acceptors (Lipinski definition) is 8. The largest absolute Gasteiger partial charge is 0.454 e. The van der Waals surface area contributed by atoms with Crippen molar-refractivity contribution in [3.05, 3.63) is 27.7 Å². The lowest BCUT2D eigenvalue weighted by atomic mass is 10.2. The quantitative estimate of drug-likeness (QED) is 0.350. The van der Waals surface area contributed by atoms with Crippen LogP contribution in [0.4, 0.5) is 9.93 Å². The van der Waals surface area contributed by atoms with Crippen LogP contribution >= 0.6 is 23.6 Å². The Morgan fingerprint density at radius 1 is 1.40 bits per heavy atom. The van der Waals surface area contributed by atoms with Gasteiger partial charge in [0, 0.05) is 0 Å². The molecule has 0 atom stereocenters. The van der Waals surface area contributed by atoms with E-state index in [4.69, 9.17) is 21.7 Å². The molecule has 2 heterocycles. The fourth-order valence-electron chi connectivity index (χ4n) is 1.80. The molecule has 2 aromatic rings. The molecule has 1 aliphatic heterocycles. The van der Waals surface area contributed by atoms with Crippen molar-refractivity contribution in [2.45, 2.75) is 0 Å². The van der Waals surface area contributed by atoms with Gasteiger partial charge in [-0.2, -0.15) is 5.10 Å². The van der Waals surface area contributed by atoms with Gasteiger partial charge in [0.2, 0.25) is 11.9 Å². The van der Waals surface area contributed by atoms with Gasteiger partial charge < -0.3 is 14.8 Å². The van der Waals surface area contributed by atoms with Crippen molar-refractivity contribution in [2.24, 2.45) is 5.10 Å². The predicted octanol–water partition coefficient (Wildman–Crippen LogP) is 1.20. The summed E-state index contributed by atoms with van der Waals surface area (Å²) in [5.74, 6) is 0.800. The summed E-state index contributed by atoms with van der Waals surface area (Å²) < 4.78 is 10.9. The van der Waals surface area contributed by atoms with Crippen LogP contribution in [0.1, 0.15) is 5.56 Å². The molecule has 0 radical (unpaired) electrons. The van der Waals surface area contributed by atoms with Gasteiger partial charge in [-0.25, -0.2) is 10.2 Å². The number of fused-ring (bicyclic) bond motifs is 1. The predicted molar refractivity (Wildman–Crippen MR) is 92.6 cm³/mol. The van der Waals surface area contributed by atoms with Crippen LogP contribution in [-0.2, 0) is 4.79 Å². The van der Waals surface area contributed by atoms with Gasteiger partial charge in [0.15, 0.2) is 15.5 Å². The molecule has 0 bridgehead atoms. The van der Waals surface area contributed by atoms with Gasteiger partial charge in [0.1, 0.15) is 6.54 Å². The average molecular weight is 380 g/mol. The van der Waals surface area contributed by atoms with Crippen molar-refractivity contribution in [3.63, 3.8) is 0 Å². The Balaban J connectivity index is 1.41. The highest BCUT2D eigenvalue weighted by atomic mass is 32.1. The minimum atomic E-state index is -0.576. The molecule has 10 nitrogen and oxygen atoms in total. The van der Waals surface area contributed by atoms with E-state index in [-0.39, 0.29) is 13.3 Å². The molecule has 1 aliphatic rings. The zero-order chi connectivity index (χ0) is 17.6. The average Bonchev–Trinajstić information content (AvgIpc) is 3.21. The topological polar surface area (TPSA) is 130 Å². The van der Waals surface area contributed by atoms with Crippen molar-refractivity contribution in [1.29, 1.82) is 0 Å². The molecule has 25 heavy (non-hydrogen) atoms. The highest BCUT2D eigenvalue weighted by Crippen LogP contribution is 2.31. The van der Waals surface area contributed by atoms with E-state index in [0.29, 0.717) is 20.6 Å². The summed E-state index contributed by atoms with van der Waals surface area (Å²) in [6.45, 7) is -0.0622. The van der Waals surface area contributed by atoms with E-state index in [1.54, 1.807) is 18.2 Å². The van der Waals surface area contributed by atoms with Crippen LogP contribution in [0.2, 0.25) is 0 Å². The maximum atomic E-state index is 11.6. The molecule has 0 fully saturated rings. The Hall–Kier alpha value is -2.99. The number of aromatic amines is 1. The Kier molecular flexibility index (Phi) is 5.20. The summed E-state index contributed by atoms with van der Waals surface area (Å²) in [7, 11) is 0. The van der Waals surface area contributed by atoms with E-state index in [1.165, 1.54) is 6.21 Å². The molecule has 0 aliphatic carbocycles. The lowest BCUT2D eigenvalue weighted by Gasteiger charge is -2.03. The Labute approximate surface area is 150 Å². The number of rotatable bonds is 5. The van der Waals surface area contributed by atoms with Crippen molar-refractivity contribution in [3.8, 4) is 11.5 Å². The fraction of sp³-hybridized carbons (Fsp3) is 0.154. The molecule has 4 N–H and O–H groups in total. The van der Waals surface area contributed by atoms with Crippen LogP contribution in [0.5, 0.6) is 11.5 Å². The second-order valence-corrected chi connectivity index (χ2v) is 6.30. The summed E-state index contributed by atoms with van der Waals surface area (Å²) in [5.41, 5.74) is 3.03. The van der Waals surface area contributed by atoms with Crippen molar-refractivity contribution in [2.75, 3.05) is 18.7 Å². The number of anilines is 1. The molecule has 12 heteroatoms. The second kappa shape index (κ2) is 7.72. The summed E-state index contributed by atoms with van der Waals surface area (Å²) in [6.07, 6.45) is 1.45. The lowest BCUT2D eigenvalue weighted by molar-refractivity contribution is -0.120. The number of hydrazone groups is 1. The van der Waals surface area contributed by atoms with Crippen LogP contribution in [0, 0.1) is 3.95 Å². The monoisotopic (exact) mass is 380 g/mol. The van der Waals surface area contributed by atoms with E-state index in [9.17, 15) is 9.59 Å². The number of ether oxygens (including phenoxy) is 2. The summed E-state index contributed by atoms with van der Waals surface area (Å²) in [5, 5.41) is 15.2. The number of urea groups is 1. The molecule has 3 rings (SSSR count). The standard InChI is InChI=1S/C13H12N6O4S2/c20-10(5-14-11(21)16-12-18-19-13(24)25-12)17-15-4-7-1-2-8-9(3-7)23-6-22-8/h1-4H,5-6H2,(H,17,20)(H,19,24)(H2,14,16,18,21)/b15-4-. The van der Waals surface area contributed by atoms with Gasteiger partial charge in [-0.15, -0.1) is 5.10 Å². The van der Waals surface area contributed by atoms with Gasteiger partial charge >= 0.3 is 6.03 Å². The third-order valence-electron chi connectivity index (χ3n) is 2.87. The van der Waals surface area contributed by atoms with Crippen LogP contribution in [0.25, 0.3) is 0 Å². The van der Waals surface area contributed by atoms with Gasteiger partial charge in [0.25, 0.3) is 5.91 Å². The van der Waals surface area contributed by atoms with Gasteiger partial charge in [-0.3, -0.25) is 15.2 Å². The molecule has 0 unspecified atom stereocenters. The third-order valence-corrected chi connectivity index (χ3v) is 3.87. The van der Waals surface area contributed by atoms with Crippen LogP contribution in [0.15, 0.2) is 23.3 Å². The molecule has 1 aromatic heterocycles. The van der Waals surface area contributed by atoms with Crippen molar-refractivity contribution >= 4 is 46.8 Å². The first-order chi connectivity index (χ1) is 12.1. The number of hydrogen-bond donors (Lipinski definition) is 4. The van der Waals surface area contributed by atoms with E-state index < -0.39 is 11.9 Å². The molecule has 3 amide bonds. The van der Waals surface area contributed by atoms with Gasteiger partial charge in [0.05, 0.1) is 6.21 Å². The maximum absolute atomic E-state index is 11.6. The van der Waals surface area contributed by atoms with Crippen molar-refractivity contribution in [1.82, 2.24) is 20.9 Å². The number of carbonyl (C=O) groups is 2.